The minimum atomic E-state index is 0.0967. The minimum absolute atomic E-state index is 0.0967. The third-order valence-corrected chi connectivity index (χ3v) is 3.89. The number of hydrogen-bond donors (Lipinski definition) is 0. The molecule has 0 fully saturated rings. The van der Waals surface area contributed by atoms with Crippen molar-refractivity contribution in [2.75, 3.05) is 3.93 Å². The molecule has 1 aliphatic heterocycles. The second-order valence-corrected chi connectivity index (χ2v) is 4.64. The number of rotatable bonds is 2. The maximum absolute atomic E-state index is 4.51. The molecule has 1 heterocycles. The normalized spacial score (nSPS) is 16.1. The second kappa shape index (κ2) is 3.88. The third kappa shape index (κ3) is 1.89. The maximum atomic E-state index is 4.51. The number of hydrogen-bond acceptors (Lipinski definition) is 2. The van der Waals surface area contributed by atoms with Gasteiger partial charge in [0.25, 0.3) is 0 Å². The van der Waals surface area contributed by atoms with E-state index in [2.05, 4.69) is 45.0 Å². The molecule has 0 atom stereocenters. The van der Waals surface area contributed by atoms with Gasteiger partial charge in [0.15, 0.2) is 0 Å². The molecule has 0 saturated heterocycles. The van der Waals surface area contributed by atoms with Gasteiger partial charge in [-0.25, -0.2) is 0 Å². The quantitative estimate of drug-likeness (QED) is 0.711. The van der Waals surface area contributed by atoms with Crippen LogP contribution in [0.15, 0.2) is 35.4 Å². The van der Waals surface area contributed by atoms with E-state index in [4.69, 9.17) is 0 Å². The first kappa shape index (κ1) is 8.71. The summed E-state index contributed by atoms with van der Waals surface area (Å²) in [6, 6.07) is 10.3. The van der Waals surface area contributed by atoms with E-state index in [0.29, 0.717) is 0 Å². The average molecular weight is 234 g/mol. The van der Waals surface area contributed by atoms with Crippen LogP contribution in [0.25, 0.3) is 0 Å². The molecule has 0 amide bonds. The summed E-state index contributed by atoms with van der Waals surface area (Å²) in [5.74, 6) is 0. The molecular formula is C10H11AsN2. The van der Waals surface area contributed by atoms with E-state index in [1.54, 1.807) is 0 Å². The van der Waals surface area contributed by atoms with Crippen molar-refractivity contribution in [2.24, 2.45) is 5.10 Å². The Hall–Kier alpha value is -0.882. The molecule has 1 aromatic rings. The Balaban J connectivity index is 2.22. The molecule has 1 aliphatic rings. The van der Waals surface area contributed by atoms with E-state index in [9.17, 15) is 0 Å². The number of para-hydroxylation sites is 1. The zero-order valence-electron chi connectivity index (χ0n) is 7.51. The summed E-state index contributed by atoms with van der Waals surface area (Å²) in [4.78, 5) is 2.27. The summed E-state index contributed by atoms with van der Waals surface area (Å²) < 4.78 is 2.12. The molecule has 0 bridgehead atoms. The molecule has 0 radical (unpaired) electrons. The van der Waals surface area contributed by atoms with Crippen LogP contribution in [0, 0.1) is 0 Å². The van der Waals surface area contributed by atoms with Crippen molar-refractivity contribution in [3.8, 4) is 0 Å². The number of nitrogens with zero attached hydrogens (tertiary/aromatic N) is 2. The van der Waals surface area contributed by atoms with Crippen LogP contribution in [0.4, 0.5) is 5.69 Å². The predicted molar refractivity (Wildman–Crippen MR) is 58.5 cm³/mol. The van der Waals surface area contributed by atoms with Gasteiger partial charge in [0.1, 0.15) is 0 Å². The summed E-state index contributed by atoms with van der Waals surface area (Å²) >= 11 is 0.0967. The molecule has 66 valence electrons. The molecular weight excluding hydrogens is 223 g/mol. The van der Waals surface area contributed by atoms with Crippen LogP contribution in [-0.2, 0) is 0 Å². The van der Waals surface area contributed by atoms with E-state index in [-0.39, 0.29) is 15.5 Å². The van der Waals surface area contributed by atoms with Gasteiger partial charge in [-0.2, -0.15) is 0 Å². The van der Waals surface area contributed by atoms with Crippen molar-refractivity contribution in [1.82, 2.24) is 0 Å². The van der Waals surface area contributed by atoms with Crippen molar-refractivity contribution in [1.29, 1.82) is 0 Å². The Bertz CT molecular complexity index is 343. The van der Waals surface area contributed by atoms with Crippen LogP contribution in [0.2, 0.25) is 0 Å². The third-order valence-electron chi connectivity index (χ3n) is 1.89. The molecule has 0 saturated carbocycles. The number of benzene rings is 1. The molecule has 13 heavy (non-hydrogen) atoms. The van der Waals surface area contributed by atoms with E-state index in [1.807, 2.05) is 6.07 Å². The summed E-state index contributed by atoms with van der Waals surface area (Å²) in [6.07, 6.45) is 1.04. The average Bonchev–Trinajstić information content (AvgIpc) is 2.67. The Labute approximate surface area is 84.7 Å². The summed E-state index contributed by atoms with van der Waals surface area (Å²) in [6.45, 7) is 2.14. The fourth-order valence-electron chi connectivity index (χ4n) is 1.14. The molecule has 1 aromatic carbocycles. The number of hydrazone groups is 1. The first-order valence-corrected chi connectivity index (χ1v) is 6.29. The fraction of sp³-hybridized carbons (Fsp3) is 0.200. The Morgan fingerprint density at radius 3 is 2.69 bits per heavy atom. The van der Waals surface area contributed by atoms with Crippen molar-refractivity contribution in [2.45, 2.75) is 13.3 Å². The molecule has 2 nitrogen and oxygen atoms in total. The summed E-state index contributed by atoms with van der Waals surface area (Å²) in [5.41, 5.74) is 2.44. The van der Waals surface area contributed by atoms with Crippen LogP contribution in [0.1, 0.15) is 13.3 Å². The standard InChI is InChI=1S/C10H11AsN2/c1-2-9-8-11-13(12-9)10-6-4-3-5-7-10/h3-8H,2H2,1H3. The zero-order chi connectivity index (χ0) is 9.10. The summed E-state index contributed by atoms with van der Waals surface area (Å²) in [5, 5.41) is 4.51. The van der Waals surface area contributed by atoms with Gasteiger partial charge in [-0.15, -0.1) is 0 Å². The van der Waals surface area contributed by atoms with Gasteiger partial charge in [-0.05, 0) is 0 Å². The van der Waals surface area contributed by atoms with Gasteiger partial charge in [0.05, 0.1) is 0 Å². The molecule has 2 rings (SSSR count). The monoisotopic (exact) mass is 234 g/mol. The van der Waals surface area contributed by atoms with Gasteiger partial charge in [-0.3, -0.25) is 0 Å². The van der Waals surface area contributed by atoms with Gasteiger partial charge in [0, 0.05) is 0 Å². The molecule has 3 heteroatoms. The second-order valence-electron chi connectivity index (χ2n) is 2.81. The van der Waals surface area contributed by atoms with Gasteiger partial charge < -0.3 is 0 Å². The van der Waals surface area contributed by atoms with Crippen molar-refractivity contribution in [3.05, 3.63) is 30.3 Å². The molecule has 0 N–H and O–H groups in total. The van der Waals surface area contributed by atoms with E-state index < -0.39 is 0 Å². The van der Waals surface area contributed by atoms with Crippen LogP contribution in [0.3, 0.4) is 0 Å². The summed E-state index contributed by atoms with van der Waals surface area (Å²) in [7, 11) is 0. The predicted octanol–water partition coefficient (Wildman–Crippen LogP) is 1.69. The van der Waals surface area contributed by atoms with Crippen molar-refractivity contribution in [3.63, 3.8) is 0 Å². The molecule has 0 aromatic heterocycles. The first-order chi connectivity index (χ1) is 6.40. The van der Waals surface area contributed by atoms with Crippen LogP contribution < -0.4 is 3.93 Å². The first-order valence-electron chi connectivity index (χ1n) is 4.37. The topological polar surface area (TPSA) is 15.6 Å². The Morgan fingerprint density at radius 2 is 2.08 bits per heavy atom. The molecule has 0 spiro atoms. The molecule has 0 unspecified atom stereocenters. The SMILES string of the molecule is CCC1=NN(c2ccccc2)[As]=C1. The van der Waals surface area contributed by atoms with E-state index >= 15 is 0 Å². The number of anilines is 1. The molecule has 0 aliphatic carbocycles. The van der Waals surface area contributed by atoms with E-state index in [0.717, 1.165) is 6.42 Å². The Morgan fingerprint density at radius 1 is 1.31 bits per heavy atom. The van der Waals surface area contributed by atoms with Gasteiger partial charge in [-0.1, -0.05) is 0 Å². The van der Waals surface area contributed by atoms with E-state index in [1.165, 1.54) is 11.4 Å². The van der Waals surface area contributed by atoms with Crippen LogP contribution >= 0.6 is 0 Å². The van der Waals surface area contributed by atoms with Gasteiger partial charge >= 0.3 is 84.4 Å². The van der Waals surface area contributed by atoms with Crippen LogP contribution in [-0.4, -0.2) is 26.1 Å². The fourth-order valence-corrected chi connectivity index (χ4v) is 3.05. The Kier molecular flexibility index (Phi) is 2.60. The zero-order valence-corrected chi connectivity index (χ0v) is 9.39. The van der Waals surface area contributed by atoms with Crippen molar-refractivity contribution >= 4 is 31.7 Å². The van der Waals surface area contributed by atoms with Gasteiger partial charge in [0.2, 0.25) is 0 Å². The van der Waals surface area contributed by atoms with Crippen LogP contribution in [0.5, 0.6) is 0 Å². The van der Waals surface area contributed by atoms with Crippen molar-refractivity contribution < 1.29 is 0 Å².